The Morgan fingerprint density at radius 1 is 1.17 bits per heavy atom. The van der Waals surface area contributed by atoms with Crippen molar-refractivity contribution in [2.75, 3.05) is 32.8 Å². The van der Waals surface area contributed by atoms with Crippen molar-refractivity contribution in [3.8, 4) is 0 Å². The van der Waals surface area contributed by atoms with Crippen LogP contribution in [0.2, 0.25) is 0 Å². The molecule has 4 rings (SSSR count). The lowest BCUT2D eigenvalue weighted by Crippen LogP contribution is -2.57. The van der Waals surface area contributed by atoms with E-state index in [2.05, 4.69) is 10.2 Å². The quantitative estimate of drug-likeness (QED) is 0.924. The van der Waals surface area contributed by atoms with Crippen LogP contribution in [-0.2, 0) is 4.74 Å². The van der Waals surface area contributed by atoms with Gasteiger partial charge in [-0.3, -0.25) is 4.79 Å². The van der Waals surface area contributed by atoms with E-state index >= 15 is 0 Å². The fourth-order valence-electron chi connectivity index (χ4n) is 4.30. The first-order valence-corrected chi connectivity index (χ1v) is 9.41. The number of nitrogens with zero attached hydrogens (tertiary/aromatic N) is 1. The predicted octanol–water partition coefficient (Wildman–Crippen LogP) is 2.70. The van der Waals surface area contributed by atoms with Crippen LogP contribution >= 0.6 is 0 Å². The highest BCUT2D eigenvalue weighted by Crippen LogP contribution is 2.42. The van der Waals surface area contributed by atoms with Crippen molar-refractivity contribution in [1.82, 2.24) is 10.2 Å². The summed E-state index contributed by atoms with van der Waals surface area (Å²) in [4.78, 5) is 15.2. The fourth-order valence-corrected chi connectivity index (χ4v) is 4.30. The average molecular weight is 328 g/mol. The molecule has 2 heterocycles. The number of carbonyl (C=O) groups is 1. The number of carbonyl (C=O) groups excluding carboxylic acids is 1. The fraction of sp³-hybridized carbons (Fsp3) is 0.650. The number of rotatable bonds is 4. The van der Waals surface area contributed by atoms with Crippen LogP contribution in [-0.4, -0.2) is 49.7 Å². The molecule has 1 spiro atoms. The number of likely N-dealkylation sites (tertiary alicyclic amines) is 1. The minimum absolute atomic E-state index is 0.0332. The monoisotopic (exact) mass is 328 g/mol. The highest BCUT2D eigenvalue weighted by molar-refractivity contribution is 5.94. The Hall–Kier alpha value is -1.39. The molecule has 0 aromatic heterocycles. The Bertz CT molecular complexity index is 562. The van der Waals surface area contributed by atoms with Crippen LogP contribution in [0.4, 0.5) is 0 Å². The molecule has 3 fully saturated rings. The number of benzene rings is 1. The van der Waals surface area contributed by atoms with Crippen molar-refractivity contribution in [1.29, 1.82) is 0 Å². The van der Waals surface area contributed by atoms with Gasteiger partial charge in [0, 0.05) is 18.7 Å². The largest absolute Gasteiger partial charge is 0.379 e. The first-order chi connectivity index (χ1) is 11.8. The minimum Gasteiger partial charge on any atom is -0.379 e. The van der Waals surface area contributed by atoms with Crippen LogP contribution in [0.3, 0.4) is 0 Å². The van der Waals surface area contributed by atoms with Crippen LogP contribution in [0.1, 0.15) is 42.5 Å². The number of piperidine rings is 1. The first kappa shape index (κ1) is 16.1. The van der Waals surface area contributed by atoms with E-state index in [4.69, 9.17) is 4.74 Å². The minimum atomic E-state index is 0.0332. The molecular weight excluding hydrogens is 300 g/mol. The van der Waals surface area contributed by atoms with Gasteiger partial charge in [0.2, 0.25) is 0 Å². The van der Waals surface area contributed by atoms with Crippen molar-refractivity contribution < 1.29 is 9.53 Å². The van der Waals surface area contributed by atoms with Crippen molar-refractivity contribution >= 4 is 5.91 Å². The molecule has 1 saturated carbocycles. The van der Waals surface area contributed by atoms with Gasteiger partial charge in [0.05, 0.1) is 12.6 Å². The van der Waals surface area contributed by atoms with E-state index < -0.39 is 0 Å². The summed E-state index contributed by atoms with van der Waals surface area (Å²) in [6.07, 6.45) is 6.28. The molecule has 0 bridgehead atoms. The second-order valence-electron chi connectivity index (χ2n) is 7.82. The summed E-state index contributed by atoms with van der Waals surface area (Å²) in [7, 11) is 0. The van der Waals surface area contributed by atoms with E-state index in [1.807, 2.05) is 30.3 Å². The van der Waals surface area contributed by atoms with Crippen molar-refractivity contribution in [3.63, 3.8) is 0 Å². The SMILES string of the molecule is O=C(N[C@H]1COCCC12CCN(CC1CC1)CC2)c1ccccc1. The summed E-state index contributed by atoms with van der Waals surface area (Å²) in [5, 5.41) is 3.28. The summed E-state index contributed by atoms with van der Waals surface area (Å²) in [5.41, 5.74) is 0.965. The summed E-state index contributed by atoms with van der Waals surface area (Å²) in [6, 6.07) is 9.67. The third kappa shape index (κ3) is 3.50. The number of nitrogens with one attached hydrogen (secondary N) is 1. The van der Waals surface area contributed by atoms with Gasteiger partial charge in [0.25, 0.3) is 5.91 Å². The van der Waals surface area contributed by atoms with Crippen molar-refractivity contribution in [2.45, 2.75) is 38.1 Å². The van der Waals surface area contributed by atoms with Gasteiger partial charge in [-0.1, -0.05) is 18.2 Å². The molecule has 1 amide bonds. The second kappa shape index (κ2) is 6.85. The van der Waals surface area contributed by atoms with E-state index in [-0.39, 0.29) is 17.4 Å². The summed E-state index contributed by atoms with van der Waals surface area (Å²) in [6.45, 7) is 5.12. The van der Waals surface area contributed by atoms with Crippen molar-refractivity contribution in [3.05, 3.63) is 35.9 Å². The van der Waals surface area contributed by atoms with E-state index in [1.54, 1.807) is 0 Å². The topological polar surface area (TPSA) is 41.6 Å². The highest BCUT2D eigenvalue weighted by atomic mass is 16.5. The lowest BCUT2D eigenvalue weighted by molar-refractivity contribution is -0.0484. The summed E-state index contributed by atoms with van der Waals surface area (Å²) >= 11 is 0. The first-order valence-electron chi connectivity index (χ1n) is 9.41. The zero-order valence-electron chi connectivity index (χ0n) is 14.4. The maximum atomic E-state index is 12.6. The average Bonchev–Trinajstić information content (AvgIpc) is 3.44. The Morgan fingerprint density at radius 2 is 1.92 bits per heavy atom. The third-order valence-corrected chi connectivity index (χ3v) is 6.17. The van der Waals surface area contributed by atoms with Gasteiger partial charge in [-0.15, -0.1) is 0 Å². The Balaban J connectivity index is 1.40. The number of ether oxygens (including phenoxy) is 1. The van der Waals surface area contributed by atoms with Gasteiger partial charge >= 0.3 is 0 Å². The standard InChI is InChI=1S/C20H28N2O2/c23-19(17-4-2-1-3-5-17)21-18-15-24-13-10-20(18)8-11-22(12-9-20)14-16-6-7-16/h1-5,16,18H,6-15H2,(H,21,23)/t18-/m0/s1. The molecular formula is C20H28N2O2. The number of amides is 1. The molecule has 24 heavy (non-hydrogen) atoms. The molecule has 1 aliphatic carbocycles. The lowest BCUT2D eigenvalue weighted by atomic mass is 9.69. The van der Waals surface area contributed by atoms with Crippen LogP contribution in [0.25, 0.3) is 0 Å². The highest BCUT2D eigenvalue weighted by Gasteiger charge is 2.44. The predicted molar refractivity (Wildman–Crippen MR) is 94.0 cm³/mol. The van der Waals surface area contributed by atoms with Gasteiger partial charge in [-0.05, 0) is 68.7 Å². The third-order valence-electron chi connectivity index (χ3n) is 6.17. The smallest absolute Gasteiger partial charge is 0.251 e. The van der Waals surface area contributed by atoms with Crippen LogP contribution in [0, 0.1) is 11.3 Å². The molecule has 1 atom stereocenters. The zero-order valence-corrected chi connectivity index (χ0v) is 14.4. The molecule has 3 aliphatic rings. The number of hydrogen-bond donors (Lipinski definition) is 1. The number of hydrogen-bond acceptors (Lipinski definition) is 3. The van der Waals surface area contributed by atoms with E-state index in [1.165, 1.54) is 45.3 Å². The van der Waals surface area contributed by atoms with Crippen LogP contribution in [0.5, 0.6) is 0 Å². The molecule has 0 radical (unpaired) electrons. The maximum absolute atomic E-state index is 12.6. The Kier molecular flexibility index (Phi) is 4.59. The van der Waals surface area contributed by atoms with E-state index in [0.29, 0.717) is 6.61 Å². The normalized spacial score (nSPS) is 27.1. The van der Waals surface area contributed by atoms with Gasteiger partial charge < -0.3 is 15.0 Å². The van der Waals surface area contributed by atoms with E-state index in [0.717, 1.165) is 24.5 Å². The van der Waals surface area contributed by atoms with Crippen LogP contribution in [0.15, 0.2) is 30.3 Å². The molecule has 2 aliphatic heterocycles. The summed E-state index contributed by atoms with van der Waals surface area (Å²) < 4.78 is 5.72. The second-order valence-corrected chi connectivity index (χ2v) is 7.82. The molecule has 130 valence electrons. The van der Waals surface area contributed by atoms with Crippen LogP contribution < -0.4 is 5.32 Å². The zero-order chi connectivity index (χ0) is 16.4. The van der Waals surface area contributed by atoms with Gasteiger partial charge in [0.15, 0.2) is 0 Å². The molecule has 4 heteroatoms. The Morgan fingerprint density at radius 3 is 2.62 bits per heavy atom. The Labute approximate surface area is 144 Å². The summed E-state index contributed by atoms with van der Waals surface area (Å²) in [5.74, 6) is 0.994. The molecule has 0 unspecified atom stereocenters. The molecule has 1 aromatic carbocycles. The van der Waals surface area contributed by atoms with Gasteiger partial charge in [0.1, 0.15) is 0 Å². The molecule has 2 saturated heterocycles. The molecule has 1 N–H and O–H groups in total. The molecule has 1 aromatic rings. The van der Waals surface area contributed by atoms with Crippen molar-refractivity contribution in [2.24, 2.45) is 11.3 Å². The van der Waals surface area contributed by atoms with Gasteiger partial charge in [-0.2, -0.15) is 0 Å². The molecule has 4 nitrogen and oxygen atoms in total. The maximum Gasteiger partial charge on any atom is 0.251 e. The lowest BCUT2D eigenvalue weighted by Gasteiger charge is -2.49. The van der Waals surface area contributed by atoms with Gasteiger partial charge in [-0.25, -0.2) is 0 Å². The van der Waals surface area contributed by atoms with E-state index in [9.17, 15) is 4.79 Å².